The number of benzene rings is 2. The van der Waals surface area contributed by atoms with Crippen LogP contribution < -0.4 is 5.32 Å². The Labute approximate surface area is 124 Å². The van der Waals surface area contributed by atoms with Gasteiger partial charge in [0.05, 0.1) is 6.61 Å². The van der Waals surface area contributed by atoms with Gasteiger partial charge in [-0.3, -0.25) is 4.79 Å². The number of carbonyl (C=O) groups excluding carboxylic acids is 1. The topological polar surface area (TPSA) is 58.6 Å². The molecule has 0 saturated heterocycles. The standard InChI is InChI=1S/C17H19NO3/c19-11-10-14-6-8-16(9-7-14)18-17(20)13-21-12-15-4-2-1-3-5-15/h1-9,19H,10-13H2,(H,18,20). The number of carbonyl (C=O) groups is 1. The Balaban J connectivity index is 1.74. The number of anilines is 1. The fourth-order valence-corrected chi connectivity index (χ4v) is 1.92. The van der Waals surface area contributed by atoms with E-state index in [2.05, 4.69) is 5.32 Å². The minimum absolute atomic E-state index is 0.0211. The Morgan fingerprint density at radius 3 is 2.38 bits per heavy atom. The highest BCUT2D eigenvalue weighted by Crippen LogP contribution is 2.10. The maximum Gasteiger partial charge on any atom is 0.250 e. The van der Waals surface area contributed by atoms with Gasteiger partial charge in [0, 0.05) is 12.3 Å². The number of hydrogen-bond acceptors (Lipinski definition) is 3. The fraction of sp³-hybridized carbons (Fsp3) is 0.235. The van der Waals surface area contributed by atoms with Gasteiger partial charge in [0.25, 0.3) is 0 Å². The van der Waals surface area contributed by atoms with E-state index in [0.29, 0.717) is 13.0 Å². The highest BCUT2D eigenvalue weighted by molar-refractivity contribution is 5.91. The predicted molar refractivity (Wildman–Crippen MR) is 82.0 cm³/mol. The lowest BCUT2D eigenvalue weighted by Crippen LogP contribution is -2.18. The van der Waals surface area contributed by atoms with E-state index in [1.165, 1.54) is 0 Å². The van der Waals surface area contributed by atoms with Gasteiger partial charge in [-0.05, 0) is 29.7 Å². The molecule has 0 heterocycles. The normalized spacial score (nSPS) is 10.3. The van der Waals surface area contributed by atoms with Crippen molar-refractivity contribution < 1.29 is 14.6 Å². The van der Waals surface area contributed by atoms with Crippen LogP contribution in [0.3, 0.4) is 0 Å². The Morgan fingerprint density at radius 2 is 1.71 bits per heavy atom. The summed E-state index contributed by atoms with van der Waals surface area (Å²) in [6.07, 6.45) is 0.619. The summed E-state index contributed by atoms with van der Waals surface area (Å²) in [6, 6.07) is 17.1. The van der Waals surface area contributed by atoms with E-state index in [1.807, 2.05) is 54.6 Å². The lowest BCUT2D eigenvalue weighted by molar-refractivity contribution is -0.121. The predicted octanol–water partition coefficient (Wildman–Crippen LogP) is 2.38. The van der Waals surface area contributed by atoms with Gasteiger partial charge >= 0.3 is 0 Å². The van der Waals surface area contributed by atoms with Crippen LogP contribution in [0.5, 0.6) is 0 Å². The number of aliphatic hydroxyl groups is 1. The van der Waals surface area contributed by atoms with Gasteiger partial charge < -0.3 is 15.2 Å². The summed E-state index contributed by atoms with van der Waals surface area (Å²) in [5.74, 6) is -0.180. The summed E-state index contributed by atoms with van der Waals surface area (Å²) in [4.78, 5) is 11.7. The maximum atomic E-state index is 11.7. The largest absolute Gasteiger partial charge is 0.396 e. The number of ether oxygens (including phenoxy) is 1. The second kappa shape index (κ2) is 8.19. The Kier molecular flexibility index (Phi) is 5.94. The molecule has 4 heteroatoms. The van der Waals surface area contributed by atoms with Crippen LogP contribution in [0.15, 0.2) is 54.6 Å². The van der Waals surface area contributed by atoms with Crippen LogP contribution >= 0.6 is 0 Å². The van der Waals surface area contributed by atoms with Gasteiger partial charge in [0.2, 0.25) is 5.91 Å². The van der Waals surface area contributed by atoms with Gasteiger partial charge in [-0.1, -0.05) is 42.5 Å². The summed E-state index contributed by atoms with van der Waals surface area (Å²) < 4.78 is 5.37. The third-order valence-corrected chi connectivity index (χ3v) is 2.98. The smallest absolute Gasteiger partial charge is 0.250 e. The molecule has 0 aliphatic carbocycles. The minimum Gasteiger partial charge on any atom is -0.396 e. The third-order valence-electron chi connectivity index (χ3n) is 2.98. The molecule has 0 aromatic heterocycles. The highest BCUT2D eigenvalue weighted by atomic mass is 16.5. The van der Waals surface area contributed by atoms with E-state index < -0.39 is 0 Å². The van der Waals surface area contributed by atoms with Crippen molar-refractivity contribution in [3.8, 4) is 0 Å². The molecule has 2 rings (SSSR count). The van der Waals surface area contributed by atoms with Crippen molar-refractivity contribution in [2.24, 2.45) is 0 Å². The van der Waals surface area contributed by atoms with Crippen LogP contribution in [0.4, 0.5) is 5.69 Å². The van der Waals surface area contributed by atoms with E-state index in [0.717, 1.165) is 16.8 Å². The molecule has 0 atom stereocenters. The van der Waals surface area contributed by atoms with Gasteiger partial charge in [-0.15, -0.1) is 0 Å². The van der Waals surface area contributed by atoms with E-state index in [-0.39, 0.29) is 19.1 Å². The Morgan fingerprint density at radius 1 is 1.00 bits per heavy atom. The molecule has 4 nitrogen and oxygen atoms in total. The van der Waals surface area contributed by atoms with Crippen molar-refractivity contribution in [1.82, 2.24) is 0 Å². The molecule has 110 valence electrons. The van der Waals surface area contributed by atoms with Gasteiger partial charge in [-0.25, -0.2) is 0 Å². The molecule has 21 heavy (non-hydrogen) atoms. The number of amides is 1. The first-order valence-corrected chi connectivity index (χ1v) is 6.89. The average Bonchev–Trinajstić information content (AvgIpc) is 2.51. The molecular formula is C17H19NO3. The highest BCUT2D eigenvalue weighted by Gasteiger charge is 2.03. The van der Waals surface area contributed by atoms with Crippen LogP contribution in [-0.4, -0.2) is 24.2 Å². The number of aliphatic hydroxyl groups excluding tert-OH is 1. The molecular weight excluding hydrogens is 266 g/mol. The summed E-state index contributed by atoms with van der Waals surface area (Å²) in [5, 5.41) is 11.6. The number of rotatable bonds is 7. The molecule has 0 aliphatic rings. The maximum absolute atomic E-state index is 11.7. The van der Waals surface area contributed by atoms with Crippen molar-refractivity contribution in [2.45, 2.75) is 13.0 Å². The van der Waals surface area contributed by atoms with Crippen molar-refractivity contribution >= 4 is 11.6 Å². The molecule has 0 fully saturated rings. The molecule has 0 unspecified atom stereocenters. The summed E-state index contributed by atoms with van der Waals surface area (Å²) >= 11 is 0. The van der Waals surface area contributed by atoms with Crippen molar-refractivity contribution in [2.75, 3.05) is 18.5 Å². The first-order chi connectivity index (χ1) is 10.3. The molecule has 1 amide bonds. The lowest BCUT2D eigenvalue weighted by Gasteiger charge is -2.07. The molecule has 0 aliphatic heterocycles. The molecule has 0 spiro atoms. The van der Waals surface area contributed by atoms with Gasteiger partial charge in [-0.2, -0.15) is 0 Å². The van der Waals surface area contributed by atoms with Crippen molar-refractivity contribution in [3.05, 3.63) is 65.7 Å². The summed E-state index contributed by atoms with van der Waals surface area (Å²) in [6.45, 7) is 0.565. The number of hydrogen-bond donors (Lipinski definition) is 2. The molecule has 2 aromatic rings. The molecule has 0 saturated carbocycles. The van der Waals surface area contributed by atoms with E-state index in [4.69, 9.17) is 9.84 Å². The fourth-order valence-electron chi connectivity index (χ4n) is 1.92. The van der Waals surface area contributed by atoms with Crippen molar-refractivity contribution in [3.63, 3.8) is 0 Å². The summed E-state index contributed by atoms with van der Waals surface area (Å²) in [5.41, 5.74) is 2.81. The zero-order valence-corrected chi connectivity index (χ0v) is 11.8. The quantitative estimate of drug-likeness (QED) is 0.821. The van der Waals surface area contributed by atoms with Crippen LogP contribution in [0, 0.1) is 0 Å². The monoisotopic (exact) mass is 285 g/mol. The van der Waals surface area contributed by atoms with E-state index >= 15 is 0 Å². The van der Waals surface area contributed by atoms with Gasteiger partial charge in [0.1, 0.15) is 6.61 Å². The van der Waals surface area contributed by atoms with Crippen LogP contribution in [0.1, 0.15) is 11.1 Å². The van der Waals surface area contributed by atoms with Crippen molar-refractivity contribution in [1.29, 1.82) is 0 Å². The SMILES string of the molecule is O=C(COCc1ccccc1)Nc1ccc(CCO)cc1. The molecule has 2 aromatic carbocycles. The molecule has 0 bridgehead atoms. The third kappa shape index (κ3) is 5.38. The lowest BCUT2D eigenvalue weighted by atomic mass is 10.1. The first-order valence-electron chi connectivity index (χ1n) is 6.89. The Hall–Kier alpha value is -2.17. The van der Waals surface area contributed by atoms with E-state index in [9.17, 15) is 4.79 Å². The number of nitrogens with one attached hydrogen (secondary N) is 1. The van der Waals surface area contributed by atoms with Gasteiger partial charge in [0.15, 0.2) is 0 Å². The minimum atomic E-state index is -0.180. The van der Waals surface area contributed by atoms with E-state index in [1.54, 1.807) is 0 Å². The second-order valence-corrected chi connectivity index (χ2v) is 4.70. The zero-order valence-electron chi connectivity index (χ0n) is 11.8. The van der Waals surface area contributed by atoms with Crippen LogP contribution in [0.2, 0.25) is 0 Å². The second-order valence-electron chi connectivity index (χ2n) is 4.70. The molecule has 2 N–H and O–H groups in total. The average molecular weight is 285 g/mol. The molecule has 0 radical (unpaired) electrons. The van der Waals surface area contributed by atoms with Crippen LogP contribution in [0.25, 0.3) is 0 Å². The summed E-state index contributed by atoms with van der Waals surface area (Å²) in [7, 11) is 0. The van der Waals surface area contributed by atoms with Crippen LogP contribution in [-0.2, 0) is 22.6 Å². The zero-order chi connectivity index (χ0) is 14.9. The Bertz CT molecular complexity index is 552. The first kappa shape index (κ1) is 15.2.